The van der Waals surface area contributed by atoms with Gasteiger partial charge in [-0.25, -0.2) is 4.39 Å². The first-order chi connectivity index (χ1) is 9.56. The summed E-state index contributed by atoms with van der Waals surface area (Å²) < 4.78 is 19.0. The van der Waals surface area contributed by atoms with Crippen LogP contribution in [0.25, 0.3) is 0 Å². The summed E-state index contributed by atoms with van der Waals surface area (Å²) in [6.45, 7) is 10.4. The summed E-state index contributed by atoms with van der Waals surface area (Å²) in [4.78, 5) is 2.39. The van der Waals surface area contributed by atoms with Crippen LogP contribution in [-0.4, -0.2) is 43.3 Å². The van der Waals surface area contributed by atoms with E-state index in [-0.39, 0.29) is 5.82 Å². The highest BCUT2D eigenvalue weighted by Crippen LogP contribution is 2.16. The van der Waals surface area contributed by atoms with E-state index >= 15 is 0 Å². The fourth-order valence-corrected chi connectivity index (χ4v) is 2.49. The number of nitrogens with zero attached hydrogens (tertiary/aromatic N) is 1. The van der Waals surface area contributed by atoms with Crippen LogP contribution in [0.2, 0.25) is 0 Å². The Kier molecular flexibility index (Phi) is 5.52. The van der Waals surface area contributed by atoms with Crippen molar-refractivity contribution in [1.82, 2.24) is 10.2 Å². The van der Waals surface area contributed by atoms with Crippen molar-refractivity contribution in [3.8, 4) is 0 Å². The van der Waals surface area contributed by atoms with Gasteiger partial charge in [-0.15, -0.1) is 0 Å². The summed E-state index contributed by atoms with van der Waals surface area (Å²) in [5.41, 5.74) is 2.22. The molecular weight excluding hydrogens is 255 g/mol. The molecule has 1 heterocycles. The molecule has 4 heteroatoms. The van der Waals surface area contributed by atoms with Gasteiger partial charge in [0, 0.05) is 31.7 Å². The number of hydrogen-bond donors (Lipinski definition) is 1. The molecule has 1 aromatic carbocycles. The Balaban J connectivity index is 2.02. The first kappa shape index (κ1) is 15.4. The maximum atomic E-state index is 13.4. The molecule has 112 valence electrons. The Morgan fingerprint density at radius 2 is 2.25 bits per heavy atom. The largest absolute Gasteiger partial charge is 0.378 e. The fraction of sp³-hybridized carbons (Fsp3) is 0.625. The molecule has 0 radical (unpaired) electrons. The van der Waals surface area contributed by atoms with Gasteiger partial charge < -0.3 is 10.1 Å². The molecule has 0 aliphatic carbocycles. The van der Waals surface area contributed by atoms with Crippen LogP contribution < -0.4 is 5.32 Å². The molecule has 1 unspecified atom stereocenters. The zero-order valence-electron chi connectivity index (χ0n) is 12.7. The Morgan fingerprint density at radius 3 is 3.00 bits per heavy atom. The molecule has 1 N–H and O–H groups in total. The SMILES string of the molecule is Cc1ccc(F)cc1CN1CCOCC1CNC(C)C. The minimum atomic E-state index is -0.157. The minimum Gasteiger partial charge on any atom is -0.378 e. The zero-order chi connectivity index (χ0) is 14.5. The molecule has 0 bridgehead atoms. The summed E-state index contributed by atoms with van der Waals surface area (Å²) in [5.74, 6) is -0.157. The van der Waals surface area contributed by atoms with Gasteiger partial charge >= 0.3 is 0 Å². The van der Waals surface area contributed by atoms with Gasteiger partial charge in [0.15, 0.2) is 0 Å². The van der Waals surface area contributed by atoms with Crippen LogP contribution in [0.15, 0.2) is 18.2 Å². The highest BCUT2D eigenvalue weighted by atomic mass is 19.1. The number of hydrogen-bond acceptors (Lipinski definition) is 3. The third kappa shape index (κ3) is 4.27. The summed E-state index contributed by atoms with van der Waals surface area (Å²) >= 11 is 0. The summed E-state index contributed by atoms with van der Waals surface area (Å²) in [5, 5.41) is 3.46. The van der Waals surface area contributed by atoms with Gasteiger partial charge in [-0.1, -0.05) is 19.9 Å². The Hall–Kier alpha value is -0.970. The smallest absolute Gasteiger partial charge is 0.123 e. The highest BCUT2D eigenvalue weighted by molar-refractivity contribution is 5.26. The molecule has 1 aliphatic rings. The van der Waals surface area contributed by atoms with Crippen molar-refractivity contribution in [3.63, 3.8) is 0 Å². The number of rotatable bonds is 5. The van der Waals surface area contributed by atoms with Crippen LogP contribution in [0, 0.1) is 12.7 Å². The molecule has 2 rings (SSSR count). The lowest BCUT2D eigenvalue weighted by Crippen LogP contribution is -2.50. The number of morpholine rings is 1. The second kappa shape index (κ2) is 7.16. The summed E-state index contributed by atoms with van der Waals surface area (Å²) in [6, 6.07) is 5.85. The molecule has 0 amide bonds. The molecule has 1 aromatic rings. The van der Waals surface area contributed by atoms with E-state index < -0.39 is 0 Å². The molecule has 3 nitrogen and oxygen atoms in total. The lowest BCUT2D eigenvalue weighted by Gasteiger charge is -2.36. The average molecular weight is 280 g/mol. The first-order valence-corrected chi connectivity index (χ1v) is 7.36. The van der Waals surface area contributed by atoms with Gasteiger partial charge in [0.2, 0.25) is 0 Å². The van der Waals surface area contributed by atoms with Crippen molar-refractivity contribution in [1.29, 1.82) is 0 Å². The van der Waals surface area contributed by atoms with Crippen molar-refractivity contribution in [2.45, 2.75) is 39.4 Å². The lowest BCUT2D eigenvalue weighted by molar-refractivity contribution is -0.0115. The molecule has 0 aromatic heterocycles. The van der Waals surface area contributed by atoms with E-state index in [1.165, 1.54) is 6.07 Å². The van der Waals surface area contributed by atoms with Gasteiger partial charge in [-0.2, -0.15) is 0 Å². The molecule has 20 heavy (non-hydrogen) atoms. The van der Waals surface area contributed by atoms with Crippen LogP contribution in [0.4, 0.5) is 4.39 Å². The predicted molar refractivity (Wildman–Crippen MR) is 79.3 cm³/mol. The van der Waals surface area contributed by atoms with Crippen LogP contribution in [-0.2, 0) is 11.3 Å². The minimum absolute atomic E-state index is 0.157. The van der Waals surface area contributed by atoms with Crippen LogP contribution in [0.3, 0.4) is 0 Å². The van der Waals surface area contributed by atoms with Gasteiger partial charge in [0.05, 0.1) is 13.2 Å². The molecule has 1 saturated heterocycles. The van der Waals surface area contributed by atoms with E-state index in [0.717, 1.165) is 44.0 Å². The monoisotopic (exact) mass is 280 g/mol. The van der Waals surface area contributed by atoms with Crippen LogP contribution >= 0.6 is 0 Å². The van der Waals surface area contributed by atoms with Crippen molar-refractivity contribution in [3.05, 3.63) is 35.1 Å². The summed E-state index contributed by atoms with van der Waals surface area (Å²) in [6.07, 6.45) is 0. The van der Waals surface area contributed by atoms with Gasteiger partial charge in [0.1, 0.15) is 5.82 Å². The molecule has 1 fully saturated rings. The van der Waals surface area contributed by atoms with E-state index in [1.807, 2.05) is 13.0 Å². The first-order valence-electron chi connectivity index (χ1n) is 7.36. The number of aryl methyl sites for hydroxylation is 1. The topological polar surface area (TPSA) is 24.5 Å². The molecule has 1 atom stereocenters. The average Bonchev–Trinajstić information content (AvgIpc) is 2.42. The molecule has 1 aliphatic heterocycles. The normalized spacial score (nSPS) is 20.6. The van der Waals surface area contributed by atoms with E-state index in [9.17, 15) is 4.39 Å². The van der Waals surface area contributed by atoms with Crippen molar-refractivity contribution in [2.24, 2.45) is 0 Å². The van der Waals surface area contributed by atoms with Crippen molar-refractivity contribution in [2.75, 3.05) is 26.3 Å². The molecule has 0 saturated carbocycles. The van der Waals surface area contributed by atoms with Crippen LogP contribution in [0.5, 0.6) is 0 Å². The number of benzene rings is 1. The fourth-order valence-electron chi connectivity index (χ4n) is 2.49. The van der Waals surface area contributed by atoms with E-state index in [2.05, 4.69) is 24.1 Å². The Morgan fingerprint density at radius 1 is 1.45 bits per heavy atom. The van der Waals surface area contributed by atoms with Gasteiger partial charge in [-0.3, -0.25) is 4.90 Å². The number of nitrogens with one attached hydrogen (secondary N) is 1. The van der Waals surface area contributed by atoms with Crippen molar-refractivity contribution >= 4 is 0 Å². The predicted octanol–water partition coefficient (Wildman–Crippen LogP) is 2.33. The zero-order valence-corrected chi connectivity index (χ0v) is 12.7. The van der Waals surface area contributed by atoms with Gasteiger partial charge in [0.25, 0.3) is 0 Å². The highest BCUT2D eigenvalue weighted by Gasteiger charge is 2.23. The second-order valence-corrected chi connectivity index (χ2v) is 5.83. The second-order valence-electron chi connectivity index (χ2n) is 5.83. The van der Waals surface area contributed by atoms with Crippen molar-refractivity contribution < 1.29 is 9.13 Å². The molecule has 0 spiro atoms. The Bertz CT molecular complexity index is 436. The number of ether oxygens (including phenoxy) is 1. The van der Waals surface area contributed by atoms with E-state index in [1.54, 1.807) is 6.07 Å². The Labute approximate surface area is 121 Å². The maximum Gasteiger partial charge on any atom is 0.123 e. The molecular formula is C16H25FN2O. The lowest BCUT2D eigenvalue weighted by atomic mass is 10.1. The maximum absolute atomic E-state index is 13.4. The van der Waals surface area contributed by atoms with Crippen LogP contribution in [0.1, 0.15) is 25.0 Å². The van der Waals surface area contributed by atoms with Gasteiger partial charge in [-0.05, 0) is 30.2 Å². The third-order valence-electron chi connectivity index (χ3n) is 3.80. The van der Waals surface area contributed by atoms with E-state index in [4.69, 9.17) is 4.74 Å². The standard InChI is InChI=1S/C16H25FN2O/c1-12(2)18-9-16-11-20-7-6-19(16)10-14-8-15(17)5-4-13(14)3/h4-5,8,12,16,18H,6-7,9-11H2,1-3H3. The quantitative estimate of drug-likeness (QED) is 0.896. The third-order valence-corrected chi connectivity index (χ3v) is 3.80. The summed E-state index contributed by atoms with van der Waals surface area (Å²) in [7, 11) is 0. The number of halogens is 1. The van der Waals surface area contributed by atoms with E-state index in [0.29, 0.717) is 12.1 Å².